The molecule has 104 valence electrons. The maximum Gasteiger partial charge on any atom is 0.167 e. The predicted molar refractivity (Wildman–Crippen MR) is 72.0 cm³/mol. The van der Waals surface area contributed by atoms with Crippen LogP contribution < -0.4 is 9.47 Å². The number of ether oxygens (including phenoxy) is 2. The van der Waals surface area contributed by atoms with Gasteiger partial charge in [-0.05, 0) is 37.3 Å². The lowest BCUT2D eigenvalue weighted by atomic mass is 9.80. The molecule has 0 aromatic heterocycles. The summed E-state index contributed by atoms with van der Waals surface area (Å²) < 4.78 is 10.5. The minimum absolute atomic E-state index is 0.0893. The van der Waals surface area contributed by atoms with Crippen molar-refractivity contribution >= 4 is 5.78 Å². The maximum atomic E-state index is 12.3. The molecule has 0 spiro atoms. The smallest absolute Gasteiger partial charge is 0.167 e. The van der Waals surface area contributed by atoms with Crippen LogP contribution in [0.3, 0.4) is 0 Å². The molecule has 1 N–H and O–H groups in total. The van der Waals surface area contributed by atoms with Gasteiger partial charge in [-0.1, -0.05) is 0 Å². The van der Waals surface area contributed by atoms with Crippen molar-refractivity contribution in [2.45, 2.75) is 32.3 Å². The number of aliphatic hydroxyl groups excluding tert-OH is 1. The van der Waals surface area contributed by atoms with Crippen molar-refractivity contribution in [2.75, 3.05) is 14.2 Å². The topological polar surface area (TPSA) is 55.8 Å². The third-order valence-corrected chi connectivity index (χ3v) is 3.55. The van der Waals surface area contributed by atoms with Gasteiger partial charge in [0.1, 0.15) is 11.5 Å². The summed E-state index contributed by atoms with van der Waals surface area (Å²) in [6.07, 6.45) is 1.51. The van der Waals surface area contributed by atoms with E-state index in [1.54, 1.807) is 27.2 Å². The summed E-state index contributed by atoms with van der Waals surface area (Å²) in [7, 11) is 3.16. The zero-order chi connectivity index (χ0) is 14.0. The van der Waals surface area contributed by atoms with Crippen molar-refractivity contribution in [1.29, 1.82) is 0 Å². The lowest BCUT2D eigenvalue weighted by Gasteiger charge is -2.26. The van der Waals surface area contributed by atoms with Crippen molar-refractivity contribution in [3.8, 4) is 11.5 Å². The molecule has 2 unspecified atom stereocenters. The van der Waals surface area contributed by atoms with E-state index in [0.29, 0.717) is 29.9 Å². The Morgan fingerprint density at radius 3 is 2.63 bits per heavy atom. The van der Waals surface area contributed by atoms with E-state index in [4.69, 9.17) is 9.47 Å². The van der Waals surface area contributed by atoms with E-state index in [-0.39, 0.29) is 17.8 Å². The molecule has 0 amide bonds. The van der Waals surface area contributed by atoms with Gasteiger partial charge in [0.25, 0.3) is 0 Å². The number of rotatable bonds is 4. The van der Waals surface area contributed by atoms with Crippen LogP contribution in [0.1, 0.15) is 35.7 Å². The molecule has 0 aliphatic heterocycles. The highest BCUT2D eigenvalue weighted by atomic mass is 16.5. The van der Waals surface area contributed by atoms with Crippen molar-refractivity contribution in [1.82, 2.24) is 0 Å². The van der Waals surface area contributed by atoms with Crippen molar-refractivity contribution in [2.24, 2.45) is 5.92 Å². The monoisotopic (exact) mass is 264 g/mol. The third kappa shape index (κ3) is 2.89. The highest BCUT2D eigenvalue weighted by Gasteiger charge is 2.29. The molecule has 1 aromatic carbocycles. The van der Waals surface area contributed by atoms with Gasteiger partial charge in [0.2, 0.25) is 0 Å². The van der Waals surface area contributed by atoms with Crippen LogP contribution in [-0.4, -0.2) is 31.2 Å². The van der Waals surface area contributed by atoms with Gasteiger partial charge < -0.3 is 14.6 Å². The Bertz CT molecular complexity index is 479. The first kappa shape index (κ1) is 13.9. The van der Waals surface area contributed by atoms with Crippen LogP contribution in [0.2, 0.25) is 0 Å². The highest BCUT2D eigenvalue weighted by molar-refractivity contribution is 6.01. The van der Waals surface area contributed by atoms with Gasteiger partial charge in [0, 0.05) is 12.5 Å². The number of methoxy groups -OCH3 is 2. The molecule has 0 fully saturated rings. The summed E-state index contributed by atoms with van der Waals surface area (Å²) in [5.41, 5.74) is 1.63. The Hall–Kier alpha value is -1.55. The first-order valence-electron chi connectivity index (χ1n) is 6.51. The van der Waals surface area contributed by atoms with E-state index in [1.165, 1.54) is 0 Å². The summed E-state index contributed by atoms with van der Waals surface area (Å²) in [6, 6.07) is 3.63. The van der Waals surface area contributed by atoms with Crippen LogP contribution in [0.25, 0.3) is 0 Å². The Labute approximate surface area is 113 Å². The first-order chi connectivity index (χ1) is 9.05. The number of carbonyl (C=O) groups excluding carboxylic acids is 1. The summed E-state index contributed by atoms with van der Waals surface area (Å²) >= 11 is 0. The van der Waals surface area contributed by atoms with E-state index < -0.39 is 0 Å². The fraction of sp³-hybridized carbons (Fsp3) is 0.533. The van der Waals surface area contributed by atoms with Gasteiger partial charge in [-0.2, -0.15) is 0 Å². The van der Waals surface area contributed by atoms with Gasteiger partial charge in [-0.15, -0.1) is 0 Å². The molecule has 0 heterocycles. The van der Waals surface area contributed by atoms with Crippen molar-refractivity contribution in [3.05, 3.63) is 23.3 Å². The molecule has 0 radical (unpaired) electrons. The summed E-state index contributed by atoms with van der Waals surface area (Å²) in [4.78, 5) is 12.3. The number of carbonyl (C=O) groups is 1. The quantitative estimate of drug-likeness (QED) is 0.906. The van der Waals surface area contributed by atoms with Crippen molar-refractivity contribution in [3.63, 3.8) is 0 Å². The second-order valence-corrected chi connectivity index (χ2v) is 5.15. The van der Waals surface area contributed by atoms with Gasteiger partial charge in [-0.25, -0.2) is 0 Å². The molecule has 4 heteroatoms. The predicted octanol–water partition coefficient (Wildman–Crippen LogP) is 2.22. The largest absolute Gasteiger partial charge is 0.497 e. The lowest BCUT2D eigenvalue weighted by Crippen LogP contribution is -2.23. The van der Waals surface area contributed by atoms with E-state index >= 15 is 0 Å². The van der Waals surface area contributed by atoms with Gasteiger partial charge in [-0.3, -0.25) is 4.79 Å². The van der Waals surface area contributed by atoms with Crippen LogP contribution in [0.5, 0.6) is 11.5 Å². The minimum Gasteiger partial charge on any atom is -0.497 e. The molecule has 0 saturated heterocycles. The zero-order valence-corrected chi connectivity index (χ0v) is 11.6. The second kappa shape index (κ2) is 5.61. The minimum atomic E-state index is -0.383. The molecule has 0 bridgehead atoms. The average molecular weight is 264 g/mol. The van der Waals surface area contributed by atoms with Gasteiger partial charge in [0.15, 0.2) is 5.78 Å². The maximum absolute atomic E-state index is 12.3. The van der Waals surface area contributed by atoms with Crippen LogP contribution in [0, 0.1) is 5.92 Å². The number of ketones is 1. The van der Waals surface area contributed by atoms with E-state index in [2.05, 4.69) is 0 Å². The standard InChI is InChI=1S/C15H20O4/c1-9(16)4-10-5-11-7-12(18-2)8-14(19-3)15(11)13(17)6-10/h7-10,16H,4-6H2,1-3H3. The Morgan fingerprint density at radius 2 is 2.05 bits per heavy atom. The molecule has 2 atom stereocenters. The molecule has 4 nitrogen and oxygen atoms in total. The fourth-order valence-electron chi connectivity index (χ4n) is 2.80. The number of hydrogen-bond acceptors (Lipinski definition) is 4. The molecule has 19 heavy (non-hydrogen) atoms. The molecular formula is C15H20O4. The average Bonchev–Trinajstić information content (AvgIpc) is 2.36. The van der Waals surface area contributed by atoms with Crippen LogP contribution >= 0.6 is 0 Å². The molecule has 1 aromatic rings. The number of benzene rings is 1. The summed E-state index contributed by atoms with van der Waals surface area (Å²) in [5.74, 6) is 1.55. The zero-order valence-electron chi connectivity index (χ0n) is 11.6. The van der Waals surface area contributed by atoms with Gasteiger partial charge >= 0.3 is 0 Å². The molecule has 1 aliphatic rings. The van der Waals surface area contributed by atoms with E-state index in [1.807, 2.05) is 6.07 Å². The third-order valence-electron chi connectivity index (χ3n) is 3.55. The SMILES string of the molecule is COc1cc2c(c(OC)c1)C(=O)CC(CC(C)O)C2. The van der Waals surface area contributed by atoms with Crippen LogP contribution in [0.4, 0.5) is 0 Å². The van der Waals surface area contributed by atoms with Crippen LogP contribution in [-0.2, 0) is 6.42 Å². The van der Waals surface area contributed by atoms with Crippen LogP contribution in [0.15, 0.2) is 12.1 Å². The molecule has 0 saturated carbocycles. The molecule has 1 aliphatic carbocycles. The van der Waals surface area contributed by atoms with Gasteiger partial charge in [0.05, 0.1) is 25.9 Å². The Balaban J connectivity index is 2.37. The molecule has 2 rings (SSSR count). The molecular weight excluding hydrogens is 244 g/mol. The Kier molecular flexibility index (Phi) is 4.10. The van der Waals surface area contributed by atoms with E-state index in [0.717, 1.165) is 12.0 Å². The number of hydrogen-bond donors (Lipinski definition) is 1. The van der Waals surface area contributed by atoms with Crippen molar-refractivity contribution < 1.29 is 19.4 Å². The normalized spacial score (nSPS) is 19.8. The van der Waals surface area contributed by atoms with E-state index in [9.17, 15) is 9.90 Å². The summed E-state index contributed by atoms with van der Waals surface area (Å²) in [6.45, 7) is 1.76. The fourth-order valence-corrected chi connectivity index (χ4v) is 2.80. The second-order valence-electron chi connectivity index (χ2n) is 5.15. The lowest BCUT2D eigenvalue weighted by molar-refractivity contribution is 0.0915. The number of fused-ring (bicyclic) bond motifs is 1. The number of aliphatic hydroxyl groups is 1. The summed E-state index contributed by atoms with van der Waals surface area (Å²) in [5, 5.41) is 9.48. The number of Topliss-reactive ketones (excluding diaryl/α,β-unsaturated/α-hetero) is 1. The highest BCUT2D eigenvalue weighted by Crippen LogP contribution is 2.36. The Morgan fingerprint density at radius 1 is 1.32 bits per heavy atom. The first-order valence-corrected chi connectivity index (χ1v) is 6.51.